The number of likely N-dealkylation sites (N-methyl/N-ethyl adjacent to an activating group) is 1. The van der Waals surface area contributed by atoms with Gasteiger partial charge in [0.1, 0.15) is 0 Å². The van der Waals surface area contributed by atoms with Crippen LogP contribution < -0.4 is 5.32 Å². The molecule has 5 heteroatoms. The second-order valence-corrected chi connectivity index (χ2v) is 3.99. The van der Waals surface area contributed by atoms with Crippen LogP contribution in [0.2, 0.25) is 0 Å². The lowest BCUT2D eigenvalue weighted by Gasteiger charge is -2.19. The molecule has 0 heterocycles. The Bertz CT molecular complexity index is 442. The Kier molecular flexibility index (Phi) is 5.85. The van der Waals surface area contributed by atoms with Gasteiger partial charge >= 0.3 is 5.97 Å². The molecule has 1 aromatic carbocycles. The summed E-state index contributed by atoms with van der Waals surface area (Å²) in [6.07, 6.45) is 0. The molecule has 0 aliphatic rings. The molecule has 0 spiro atoms. The van der Waals surface area contributed by atoms with Crippen LogP contribution in [-0.4, -0.2) is 43.5 Å². The summed E-state index contributed by atoms with van der Waals surface area (Å²) in [6.45, 7) is 5.49. The van der Waals surface area contributed by atoms with E-state index in [4.69, 9.17) is 0 Å². The maximum atomic E-state index is 11.8. The highest BCUT2D eigenvalue weighted by Gasteiger charge is 2.10. The second kappa shape index (κ2) is 7.41. The highest BCUT2D eigenvalue weighted by molar-refractivity contribution is 5.90. The summed E-state index contributed by atoms with van der Waals surface area (Å²) in [6, 6.07) is 6.89. The highest BCUT2D eigenvalue weighted by atomic mass is 16.5. The third-order valence-corrected chi connectivity index (χ3v) is 2.84. The van der Waals surface area contributed by atoms with E-state index in [0.717, 1.165) is 5.69 Å². The number of methoxy groups -OCH3 is 1. The van der Waals surface area contributed by atoms with Crippen molar-refractivity contribution in [2.24, 2.45) is 0 Å². The van der Waals surface area contributed by atoms with Crippen LogP contribution in [0.15, 0.2) is 24.3 Å². The number of anilines is 1. The summed E-state index contributed by atoms with van der Waals surface area (Å²) in [7, 11) is 1.34. The molecule has 0 aromatic heterocycles. The van der Waals surface area contributed by atoms with E-state index in [-0.39, 0.29) is 12.5 Å². The zero-order valence-electron chi connectivity index (χ0n) is 11.6. The topological polar surface area (TPSA) is 58.6 Å². The zero-order valence-corrected chi connectivity index (χ0v) is 11.6. The smallest absolute Gasteiger partial charge is 0.337 e. The van der Waals surface area contributed by atoms with Crippen molar-refractivity contribution < 1.29 is 14.3 Å². The molecule has 0 aliphatic carbocycles. The summed E-state index contributed by atoms with van der Waals surface area (Å²) in [5.74, 6) is -0.354. The number of nitrogens with one attached hydrogen (secondary N) is 1. The molecular formula is C14H20N2O3. The van der Waals surface area contributed by atoms with Gasteiger partial charge in [0.15, 0.2) is 0 Å². The Morgan fingerprint density at radius 3 is 2.53 bits per heavy atom. The van der Waals surface area contributed by atoms with E-state index in [1.165, 1.54) is 7.11 Å². The third-order valence-electron chi connectivity index (χ3n) is 2.84. The fourth-order valence-corrected chi connectivity index (χ4v) is 1.74. The van der Waals surface area contributed by atoms with Crippen LogP contribution in [0.4, 0.5) is 5.69 Å². The molecule has 19 heavy (non-hydrogen) atoms. The molecule has 1 amide bonds. The zero-order chi connectivity index (χ0) is 14.3. The van der Waals surface area contributed by atoms with Gasteiger partial charge < -0.3 is 15.0 Å². The molecule has 0 saturated heterocycles. The van der Waals surface area contributed by atoms with Crippen LogP contribution in [0.1, 0.15) is 24.2 Å². The standard InChI is InChI=1S/C14H20N2O3/c1-4-16(5-2)13(17)10-15-12-8-6-7-11(9-12)14(18)19-3/h6-9,15H,4-5,10H2,1-3H3. The van der Waals surface area contributed by atoms with Crippen LogP contribution in [0.5, 0.6) is 0 Å². The Morgan fingerprint density at radius 1 is 1.26 bits per heavy atom. The summed E-state index contributed by atoms with van der Waals surface area (Å²) in [5, 5.41) is 3.01. The normalized spacial score (nSPS) is 9.84. The lowest BCUT2D eigenvalue weighted by molar-refractivity contribution is -0.128. The van der Waals surface area contributed by atoms with E-state index in [2.05, 4.69) is 10.1 Å². The number of esters is 1. The number of rotatable bonds is 6. The minimum Gasteiger partial charge on any atom is -0.465 e. The summed E-state index contributed by atoms with van der Waals surface area (Å²) in [4.78, 5) is 25.0. The van der Waals surface area contributed by atoms with Crippen molar-refractivity contribution in [3.05, 3.63) is 29.8 Å². The predicted octanol–water partition coefficient (Wildman–Crippen LogP) is 1.75. The van der Waals surface area contributed by atoms with Gasteiger partial charge in [0.05, 0.1) is 19.2 Å². The van der Waals surface area contributed by atoms with E-state index in [1.54, 1.807) is 23.1 Å². The van der Waals surface area contributed by atoms with Gasteiger partial charge in [0.2, 0.25) is 5.91 Å². The van der Waals surface area contributed by atoms with Crippen molar-refractivity contribution in [2.45, 2.75) is 13.8 Å². The minimum atomic E-state index is -0.390. The highest BCUT2D eigenvalue weighted by Crippen LogP contribution is 2.11. The number of carbonyl (C=O) groups is 2. The number of nitrogens with zero attached hydrogens (tertiary/aromatic N) is 1. The van der Waals surface area contributed by atoms with Gasteiger partial charge in [0.25, 0.3) is 0 Å². The van der Waals surface area contributed by atoms with Gasteiger partial charge in [-0.3, -0.25) is 4.79 Å². The van der Waals surface area contributed by atoms with E-state index in [1.807, 2.05) is 19.9 Å². The van der Waals surface area contributed by atoms with E-state index in [9.17, 15) is 9.59 Å². The molecule has 1 aromatic rings. The van der Waals surface area contributed by atoms with Gasteiger partial charge in [-0.1, -0.05) is 6.07 Å². The Hall–Kier alpha value is -2.04. The molecule has 1 N–H and O–H groups in total. The van der Waals surface area contributed by atoms with Crippen LogP contribution >= 0.6 is 0 Å². The molecule has 0 bridgehead atoms. The van der Waals surface area contributed by atoms with Gasteiger partial charge in [-0.2, -0.15) is 0 Å². The maximum absolute atomic E-state index is 11.8. The van der Waals surface area contributed by atoms with Crippen molar-refractivity contribution in [1.29, 1.82) is 0 Å². The quantitative estimate of drug-likeness (QED) is 0.795. The fourth-order valence-electron chi connectivity index (χ4n) is 1.74. The van der Waals surface area contributed by atoms with Gasteiger partial charge in [-0.05, 0) is 32.0 Å². The molecule has 104 valence electrons. The van der Waals surface area contributed by atoms with Crippen LogP contribution in [0.25, 0.3) is 0 Å². The number of benzene rings is 1. The van der Waals surface area contributed by atoms with Gasteiger partial charge in [-0.25, -0.2) is 4.79 Å². The van der Waals surface area contributed by atoms with E-state index < -0.39 is 5.97 Å². The van der Waals surface area contributed by atoms with Crippen molar-refractivity contribution >= 4 is 17.6 Å². The third kappa shape index (κ3) is 4.28. The molecule has 0 aliphatic heterocycles. The van der Waals surface area contributed by atoms with Crippen molar-refractivity contribution in [3.63, 3.8) is 0 Å². The molecule has 0 fully saturated rings. The molecule has 0 radical (unpaired) electrons. The fraction of sp³-hybridized carbons (Fsp3) is 0.429. The van der Waals surface area contributed by atoms with Crippen molar-refractivity contribution in [1.82, 2.24) is 4.90 Å². The number of amides is 1. The Morgan fingerprint density at radius 2 is 1.95 bits per heavy atom. The van der Waals surface area contributed by atoms with E-state index >= 15 is 0 Å². The van der Waals surface area contributed by atoms with Gasteiger partial charge in [-0.15, -0.1) is 0 Å². The summed E-state index contributed by atoms with van der Waals surface area (Å²) < 4.78 is 4.65. The predicted molar refractivity (Wildman–Crippen MR) is 74.2 cm³/mol. The summed E-state index contributed by atoms with van der Waals surface area (Å²) in [5.41, 5.74) is 1.19. The first-order chi connectivity index (χ1) is 9.12. The monoisotopic (exact) mass is 264 g/mol. The Balaban J connectivity index is 2.63. The van der Waals surface area contributed by atoms with E-state index in [0.29, 0.717) is 18.7 Å². The average Bonchev–Trinajstić information content (AvgIpc) is 2.45. The van der Waals surface area contributed by atoms with Gasteiger partial charge in [0, 0.05) is 18.8 Å². The minimum absolute atomic E-state index is 0.0356. The second-order valence-electron chi connectivity index (χ2n) is 3.99. The number of ether oxygens (including phenoxy) is 1. The Labute approximate surface area is 113 Å². The van der Waals surface area contributed by atoms with Crippen LogP contribution in [0.3, 0.4) is 0 Å². The average molecular weight is 264 g/mol. The lowest BCUT2D eigenvalue weighted by atomic mass is 10.2. The van der Waals surface area contributed by atoms with Crippen molar-refractivity contribution in [3.8, 4) is 0 Å². The first-order valence-electron chi connectivity index (χ1n) is 6.32. The number of hydrogen-bond donors (Lipinski definition) is 1. The first-order valence-corrected chi connectivity index (χ1v) is 6.32. The number of hydrogen-bond acceptors (Lipinski definition) is 4. The SMILES string of the molecule is CCN(CC)C(=O)CNc1cccc(C(=O)OC)c1. The molecular weight excluding hydrogens is 244 g/mol. The molecule has 0 saturated carbocycles. The molecule has 0 atom stereocenters. The number of carbonyl (C=O) groups excluding carboxylic acids is 2. The van der Waals surface area contributed by atoms with Crippen molar-refractivity contribution in [2.75, 3.05) is 32.1 Å². The molecule has 1 rings (SSSR count). The largest absolute Gasteiger partial charge is 0.465 e. The maximum Gasteiger partial charge on any atom is 0.337 e. The van der Waals surface area contributed by atoms with Crippen LogP contribution in [0, 0.1) is 0 Å². The molecule has 0 unspecified atom stereocenters. The molecule has 5 nitrogen and oxygen atoms in total. The summed E-state index contributed by atoms with van der Waals surface area (Å²) >= 11 is 0. The first kappa shape index (κ1) is 15.0. The lowest BCUT2D eigenvalue weighted by Crippen LogP contribution is -2.35. The van der Waals surface area contributed by atoms with Crippen LogP contribution in [-0.2, 0) is 9.53 Å².